The Hall–Kier alpha value is -3.84. The molecule has 3 aromatic carbocycles. The van der Waals surface area contributed by atoms with Crippen molar-refractivity contribution in [2.45, 2.75) is 46.5 Å². The van der Waals surface area contributed by atoms with Crippen molar-refractivity contribution >= 4 is 29.0 Å². The van der Waals surface area contributed by atoms with Crippen molar-refractivity contribution in [3.63, 3.8) is 0 Å². The number of ether oxygens (including phenoxy) is 1. The molecular formula is C33H42N4O3. The van der Waals surface area contributed by atoms with Gasteiger partial charge in [-0.15, -0.1) is 0 Å². The molecule has 1 saturated heterocycles. The molecule has 3 N–H and O–H groups in total. The van der Waals surface area contributed by atoms with Crippen LogP contribution >= 0.6 is 0 Å². The van der Waals surface area contributed by atoms with Gasteiger partial charge in [-0.2, -0.15) is 0 Å². The van der Waals surface area contributed by atoms with Crippen LogP contribution < -0.4 is 20.9 Å². The molecule has 7 heteroatoms. The van der Waals surface area contributed by atoms with E-state index in [0.29, 0.717) is 36.9 Å². The van der Waals surface area contributed by atoms with Crippen LogP contribution in [0.2, 0.25) is 0 Å². The van der Waals surface area contributed by atoms with Gasteiger partial charge in [0.25, 0.3) is 5.91 Å². The summed E-state index contributed by atoms with van der Waals surface area (Å²) in [6.45, 7) is 9.48. The lowest BCUT2D eigenvalue weighted by atomic mass is 9.89. The van der Waals surface area contributed by atoms with E-state index in [1.54, 1.807) is 6.07 Å². The van der Waals surface area contributed by atoms with E-state index >= 15 is 0 Å². The third-order valence-electron chi connectivity index (χ3n) is 7.50. The van der Waals surface area contributed by atoms with Crippen LogP contribution in [-0.2, 0) is 11.2 Å². The maximum absolute atomic E-state index is 13.4. The molecule has 3 amide bonds. The standard InChI is InChI=1S/C33H42N4O3/c1-4-40-21-9-18-34-32(38)29-23-28(35-33(39)36-31-24(2)10-8-11-25(31)3)14-15-30(29)37-19-16-27(17-20-37)22-26-12-6-5-7-13-26/h5-8,10-15,23,27H,4,9,16-22H2,1-3H3,(H,34,38)(H2,35,36,39). The van der Waals surface area contributed by atoms with Gasteiger partial charge >= 0.3 is 6.03 Å². The third kappa shape index (κ3) is 8.09. The summed E-state index contributed by atoms with van der Waals surface area (Å²) in [7, 11) is 0. The van der Waals surface area contributed by atoms with Gasteiger partial charge < -0.3 is 25.6 Å². The first-order chi connectivity index (χ1) is 19.4. The Labute approximate surface area is 238 Å². The average Bonchev–Trinajstić information content (AvgIpc) is 2.96. The van der Waals surface area contributed by atoms with Gasteiger partial charge in [0.1, 0.15) is 0 Å². The average molecular weight is 543 g/mol. The first-order valence-electron chi connectivity index (χ1n) is 14.4. The topological polar surface area (TPSA) is 82.7 Å². The van der Waals surface area contributed by atoms with Crippen LogP contribution in [0.15, 0.2) is 66.7 Å². The van der Waals surface area contributed by atoms with Crippen molar-refractivity contribution in [1.29, 1.82) is 0 Å². The molecule has 1 fully saturated rings. The van der Waals surface area contributed by atoms with Crippen LogP contribution in [0.1, 0.15) is 53.2 Å². The van der Waals surface area contributed by atoms with Crippen molar-refractivity contribution in [3.05, 3.63) is 89.0 Å². The van der Waals surface area contributed by atoms with Gasteiger partial charge in [0.05, 0.1) is 5.56 Å². The molecule has 1 aliphatic rings. The summed E-state index contributed by atoms with van der Waals surface area (Å²) in [5, 5.41) is 8.92. The summed E-state index contributed by atoms with van der Waals surface area (Å²) in [6.07, 6.45) is 3.97. The predicted octanol–water partition coefficient (Wildman–Crippen LogP) is 6.56. The Morgan fingerprint density at radius 1 is 0.925 bits per heavy atom. The molecule has 3 aromatic rings. The fraction of sp³-hybridized carbons (Fsp3) is 0.394. The number of piperidine rings is 1. The second-order valence-electron chi connectivity index (χ2n) is 10.5. The second kappa shape index (κ2) is 14.5. The molecule has 0 aliphatic carbocycles. The lowest BCUT2D eigenvalue weighted by Crippen LogP contribution is -2.36. The van der Waals surface area contributed by atoms with Crippen molar-refractivity contribution in [3.8, 4) is 0 Å². The number of nitrogens with one attached hydrogen (secondary N) is 3. The van der Waals surface area contributed by atoms with Crippen molar-refractivity contribution < 1.29 is 14.3 Å². The van der Waals surface area contributed by atoms with E-state index in [1.165, 1.54) is 5.56 Å². The van der Waals surface area contributed by atoms with Crippen molar-refractivity contribution in [2.24, 2.45) is 5.92 Å². The van der Waals surface area contributed by atoms with Gasteiger partial charge in [0.15, 0.2) is 0 Å². The summed E-state index contributed by atoms with van der Waals surface area (Å²) in [5.41, 5.74) is 6.21. The molecule has 212 valence electrons. The van der Waals surface area contributed by atoms with Gasteiger partial charge in [-0.3, -0.25) is 4.79 Å². The normalized spacial score (nSPS) is 13.6. The largest absolute Gasteiger partial charge is 0.382 e. The van der Waals surface area contributed by atoms with Crippen LogP contribution in [0.25, 0.3) is 0 Å². The van der Waals surface area contributed by atoms with Crippen LogP contribution in [-0.4, -0.2) is 44.8 Å². The van der Waals surface area contributed by atoms with Crippen LogP contribution in [0.5, 0.6) is 0 Å². The summed E-state index contributed by atoms with van der Waals surface area (Å²) < 4.78 is 5.41. The zero-order valence-corrected chi connectivity index (χ0v) is 24.0. The number of hydrogen-bond donors (Lipinski definition) is 3. The van der Waals surface area contributed by atoms with Gasteiger partial charge in [0, 0.05) is 49.9 Å². The van der Waals surface area contributed by atoms with E-state index in [2.05, 4.69) is 51.2 Å². The number of nitrogens with zero attached hydrogens (tertiary/aromatic N) is 1. The Balaban J connectivity index is 1.46. The quantitative estimate of drug-likeness (QED) is 0.240. The monoisotopic (exact) mass is 542 g/mol. The fourth-order valence-corrected chi connectivity index (χ4v) is 5.30. The van der Waals surface area contributed by atoms with E-state index < -0.39 is 0 Å². The molecule has 0 bridgehead atoms. The highest BCUT2D eigenvalue weighted by atomic mass is 16.5. The minimum absolute atomic E-state index is 0.142. The van der Waals surface area contributed by atoms with E-state index in [4.69, 9.17) is 4.74 Å². The fourth-order valence-electron chi connectivity index (χ4n) is 5.30. The lowest BCUT2D eigenvalue weighted by Gasteiger charge is -2.35. The number of rotatable bonds is 11. The van der Waals surface area contributed by atoms with E-state index in [0.717, 1.165) is 61.3 Å². The van der Waals surface area contributed by atoms with E-state index in [-0.39, 0.29) is 11.9 Å². The highest BCUT2D eigenvalue weighted by molar-refractivity contribution is 6.04. The SMILES string of the molecule is CCOCCCNC(=O)c1cc(NC(=O)Nc2c(C)cccc2C)ccc1N1CCC(Cc2ccccc2)CC1. The molecule has 0 saturated carbocycles. The number of benzene rings is 3. The lowest BCUT2D eigenvalue weighted by molar-refractivity contribution is 0.0944. The molecular weight excluding hydrogens is 500 g/mol. The smallest absolute Gasteiger partial charge is 0.323 e. The molecule has 40 heavy (non-hydrogen) atoms. The molecule has 1 aliphatic heterocycles. The molecule has 0 aromatic heterocycles. The number of amides is 3. The van der Waals surface area contributed by atoms with E-state index in [1.807, 2.05) is 51.1 Å². The van der Waals surface area contributed by atoms with Crippen LogP contribution in [0.3, 0.4) is 0 Å². The minimum atomic E-state index is -0.338. The number of carbonyl (C=O) groups excluding carboxylic acids is 2. The number of anilines is 3. The summed E-state index contributed by atoms with van der Waals surface area (Å²) >= 11 is 0. The maximum atomic E-state index is 13.4. The zero-order chi connectivity index (χ0) is 28.3. The highest BCUT2D eigenvalue weighted by Gasteiger charge is 2.24. The van der Waals surface area contributed by atoms with E-state index in [9.17, 15) is 9.59 Å². The van der Waals surface area contributed by atoms with Gasteiger partial charge in [-0.1, -0.05) is 48.5 Å². The van der Waals surface area contributed by atoms with Crippen LogP contribution in [0, 0.1) is 19.8 Å². The van der Waals surface area contributed by atoms with Crippen molar-refractivity contribution in [1.82, 2.24) is 5.32 Å². The molecule has 7 nitrogen and oxygen atoms in total. The minimum Gasteiger partial charge on any atom is -0.382 e. The third-order valence-corrected chi connectivity index (χ3v) is 7.50. The van der Waals surface area contributed by atoms with Crippen molar-refractivity contribution in [2.75, 3.05) is 48.4 Å². The summed E-state index contributed by atoms with van der Waals surface area (Å²) in [5.74, 6) is 0.487. The summed E-state index contributed by atoms with van der Waals surface area (Å²) in [6, 6.07) is 21.8. The number of hydrogen-bond acceptors (Lipinski definition) is 4. The molecule has 4 rings (SSSR count). The Morgan fingerprint density at radius 2 is 1.65 bits per heavy atom. The second-order valence-corrected chi connectivity index (χ2v) is 10.5. The molecule has 1 heterocycles. The van der Waals surface area contributed by atoms with Gasteiger partial charge in [-0.25, -0.2) is 4.79 Å². The van der Waals surface area contributed by atoms with Crippen LogP contribution in [0.4, 0.5) is 21.9 Å². The Kier molecular flexibility index (Phi) is 10.6. The number of para-hydroxylation sites is 1. The molecule has 0 unspecified atom stereocenters. The Morgan fingerprint density at radius 3 is 2.35 bits per heavy atom. The molecule has 0 atom stereocenters. The first kappa shape index (κ1) is 29.2. The molecule has 0 spiro atoms. The van der Waals surface area contributed by atoms with Gasteiger partial charge in [-0.05, 0) is 87.3 Å². The van der Waals surface area contributed by atoms with Gasteiger partial charge in [0.2, 0.25) is 0 Å². The summed E-state index contributed by atoms with van der Waals surface area (Å²) in [4.78, 5) is 28.5. The number of carbonyl (C=O) groups is 2. The number of urea groups is 1. The maximum Gasteiger partial charge on any atom is 0.323 e. The first-order valence-corrected chi connectivity index (χ1v) is 14.4. The zero-order valence-electron chi connectivity index (χ0n) is 24.0. The number of aryl methyl sites for hydroxylation is 2. The molecule has 0 radical (unpaired) electrons. The predicted molar refractivity (Wildman–Crippen MR) is 164 cm³/mol. The highest BCUT2D eigenvalue weighted by Crippen LogP contribution is 2.30. The Bertz CT molecular complexity index is 1250.